The molecule has 2 aromatic heterocycles. The molecular weight excluding hydrogens is 422 g/mol. The first-order valence-corrected chi connectivity index (χ1v) is 8.85. The van der Waals surface area contributed by atoms with Gasteiger partial charge in [-0.2, -0.15) is 0 Å². The Morgan fingerprint density at radius 1 is 1.41 bits per heavy atom. The fourth-order valence-corrected chi connectivity index (χ4v) is 3.01. The molecule has 0 bridgehead atoms. The van der Waals surface area contributed by atoms with Gasteiger partial charge in [-0.15, -0.1) is 0 Å². The highest BCUT2D eigenvalue weighted by molar-refractivity contribution is 9.10. The summed E-state index contributed by atoms with van der Waals surface area (Å²) in [5, 5.41) is 7.99. The van der Waals surface area contributed by atoms with Crippen LogP contribution in [0.1, 0.15) is 26.6 Å². The summed E-state index contributed by atoms with van der Waals surface area (Å²) in [6, 6.07) is 2.79. The second-order valence-electron chi connectivity index (χ2n) is 5.94. The zero-order valence-electron chi connectivity index (χ0n) is 14.8. The number of fused-ring (bicyclic) bond motifs is 1. The topological polar surface area (TPSA) is 110 Å². The standard InChI is InChI=1S/C16H18BrN5O5/c1-20-9-21(3-4-26-2)16(25)12-6-13(23)11(8-22(12)20)15(24)18-7-10-5-14(17)19-27-10/h5-6,8H,3-4,7,9H2,1-2H3,(H,18,24). The van der Waals surface area contributed by atoms with Gasteiger partial charge in [0.25, 0.3) is 11.8 Å². The summed E-state index contributed by atoms with van der Waals surface area (Å²) >= 11 is 3.15. The molecule has 2 amide bonds. The summed E-state index contributed by atoms with van der Waals surface area (Å²) in [7, 11) is 3.31. The van der Waals surface area contributed by atoms with Crippen molar-refractivity contribution in [3.05, 3.63) is 50.2 Å². The Balaban J connectivity index is 1.81. The molecule has 1 aliphatic heterocycles. The number of pyridine rings is 1. The summed E-state index contributed by atoms with van der Waals surface area (Å²) in [6.07, 6.45) is 1.37. The van der Waals surface area contributed by atoms with E-state index in [0.29, 0.717) is 30.2 Å². The third-order valence-electron chi connectivity index (χ3n) is 4.04. The van der Waals surface area contributed by atoms with Crippen LogP contribution in [0, 0.1) is 0 Å². The highest BCUT2D eigenvalue weighted by atomic mass is 79.9. The first-order chi connectivity index (χ1) is 12.9. The fourth-order valence-electron chi connectivity index (χ4n) is 2.69. The van der Waals surface area contributed by atoms with Crippen LogP contribution in [0.25, 0.3) is 0 Å². The third kappa shape index (κ3) is 4.03. The number of amides is 2. The van der Waals surface area contributed by atoms with Gasteiger partial charge in [-0.1, -0.05) is 5.16 Å². The minimum atomic E-state index is -0.564. The van der Waals surface area contributed by atoms with E-state index in [4.69, 9.17) is 9.26 Å². The molecule has 0 unspecified atom stereocenters. The Bertz CT molecular complexity index is 924. The lowest BCUT2D eigenvalue weighted by Gasteiger charge is -2.37. The molecule has 0 saturated carbocycles. The normalized spacial score (nSPS) is 13.7. The number of methoxy groups -OCH3 is 1. The number of nitrogens with zero attached hydrogens (tertiary/aromatic N) is 4. The quantitative estimate of drug-likeness (QED) is 0.682. The zero-order valence-corrected chi connectivity index (χ0v) is 16.4. The van der Waals surface area contributed by atoms with E-state index in [2.05, 4.69) is 26.4 Å². The van der Waals surface area contributed by atoms with E-state index < -0.39 is 11.3 Å². The molecule has 3 heterocycles. The fraction of sp³-hybridized carbons (Fsp3) is 0.375. The number of carbonyl (C=O) groups is 2. The predicted molar refractivity (Wildman–Crippen MR) is 98.0 cm³/mol. The van der Waals surface area contributed by atoms with Gasteiger partial charge in [-0.3, -0.25) is 24.1 Å². The zero-order chi connectivity index (χ0) is 19.6. The van der Waals surface area contributed by atoms with Gasteiger partial charge in [0.05, 0.1) is 13.2 Å². The summed E-state index contributed by atoms with van der Waals surface area (Å²) in [4.78, 5) is 38.9. The highest BCUT2D eigenvalue weighted by Crippen LogP contribution is 2.13. The first kappa shape index (κ1) is 19.1. The Hall–Kier alpha value is -2.66. The lowest BCUT2D eigenvalue weighted by molar-refractivity contribution is 0.0634. The third-order valence-corrected chi connectivity index (χ3v) is 4.42. The van der Waals surface area contributed by atoms with Gasteiger partial charge in [0.2, 0.25) is 0 Å². The number of aromatic nitrogens is 2. The van der Waals surface area contributed by atoms with Gasteiger partial charge in [-0.25, -0.2) is 0 Å². The van der Waals surface area contributed by atoms with E-state index in [1.165, 1.54) is 16.9 Å². The molecule has 0 aliphatic carbocycles. The predicted octanol–water partition coefficient (Wildman–Crippen LogP) is 0.156. The Kier molecular flexibility index (Phi) is 5.61. The molecule has 1 N–H and O–H groups in total. The molecule has 0 fully saturated rings. The van der Waals surface area contributed by atoms with Crippen LogP contribution in [-0.4, -0.2) is 60.5 Å². The van der Waals surface area contributed by atoms with Crippen LogP contribution in [0.2, 0.25) is 0 Å². The maximum absolute atomic E-state index is 12.6. The number of carbonyl (C=O) groups excluding carboxylic acids is 2. The molecule has 2 aromatic rings. The SMILES string of the molecule is COCCN1CN(C)n2cc(C(=O)NCc3cc(Br)no3)c(=O)cc2C1=O. The second-order valence-corrected chi connectivity index (χ2v) is 6.75. The maximum atomic E-state index is 12.6. The number of halogens is 1. The van der Waals surface area contributed by atoms with E-state index >= 15 is 0 Å². The van der Waals surface area contributed by atoms with Crippen molar-refractivity contribution in [2.75, 3.05) is 39.0 Å². The van der Waals surface area contributed by atoms with Gasteiger partial charge in [0, 0.05) is 39.0 Å². The van der Waals surface area contributed by atoms with Gasteiger partial charge < -0.3 is 19.5 Å². The molecule has 0 spiro atoms. The van der Waals surface area contributed by atoms with E-state index in [0.717, 1.165) is 0 Å². The molecule has 0 saturated heterocycles. The van der Waals surface area contributed by atoms with Crippen molar-refractivity contribution in [2.45, 2.75) is 6.54 Å². The maximum Gasteiger partial charge on any atom is 0.274 e. The molecule has 1 aliphatic rings. The first-order valence-electron chi connectivity index (χ1n) is 8.06. The largest absolute Gasteiger partial charge is 0.383 e. The van der Waals surface area contributed by atoms with Crippen molar-refractivity contribution in [1.82, 2.24) is 20.0 Å². The average molecular weight is 440 g/mol. The lowest BCUT2D eigenvalue weighted by atomic mass is 10.2. The van der Waals surface area contributed by atoms with E-state index in [-0.39, 0.29) is 23.7 Å². The molecule has 0 aromatic carbocycles. The van der Waals surface area contributed by atoms with Crippen molar-refractivity contribution in [1.29, 1.82) is 0 Å². The van der Waals surface area contributed by atoms with Crippen molar-refractivity contribution < 1.29 is 18.8 Å². The van der Waals surface area contributed by atoms with Gasteiger partial charge in [0.1, 0.15) is 22.5 Å². The molecule has 11 heteroatoms. The van der Waals surface area contributed by atoms with Crippen molar-refractivity contribution in [3.63, 3.8) is 0 Å². The minimum absolute atomic E-state index is 0.0673. The average Bonchev–Trinajstić information content (AvgIpc) is 3.06. The summed E-state index contributed by atoms with van der Waals surface area (Å²) in [5.74, 6) is -0.416. The van der Waals surface area contributed by atoms with Crippen LogP contribution < -0.4 is 15.8 Å². The number of nitrogens with one attached hydrogen (secondary N) is 1. The molecule has 0 radical (unpaired) electrons. The molecule has 144 valence electrons. The number of ether oxygens (including phenoxy) is 1. The summed E-state index contributed by atoms with van der Waals surface area (Å²) in [5.41, 5.74) is -0.407. The van der Waals surface area contributed by atoms with Gasteiger partial charge >= 0.3 is 0 Å². The van der Waals surface area contributed by atoms with Crippen molar-refractivity contribution >= 4 is 27.7 Å². The van der Waals surface area contributed by atoms with E-state index in [9.17, 15) is 14.4 Å². The monoisotopic (exact) mass is 439 g/mol. The molecule has 3 rings (SSSR count). The summed E-state index contributed by atoms with van der Waals surface area (Å²) in [6.45, 7) is 1.19. The highest BCUT2D eigenvalue weighted by Gasteiger charge is 2.28. The number of hydrogen-bond donors (Lipinski definition) is 1. The van der Waals surface area contributed by atoms with Crippen LogP contribution in [0.4, 0.5) is 0 Å². The molecule has 0 atom stereocenters. The van der Waals surface area contributed by atoms with Gasteiger partial charge in [-0.05, 0) is 15.9 Å². The molecular formula is C16H18BrN5O5. The van der Waals surface area contributed by atoms with Crippen LogP contribution >= 0.6 is 15.9 Å². The van der Waals surface area contributed by atoms with Crippen LogP contribution in [0.3, 0.4) is 0 Å². The number of rotatable bonds is 6. The van der Waals surface area contributed by atoms with Crippen LogP contribution in [0.15, 0.2) is 32.3 Å². The van der Waals surface area contributed by atoms with Crippen molar-refractivity contribution in [2.24, 2.45) is 0 Å². The van der Waals surface area contributed by atoms with Crippen molar-refractivity contribution in [3.8, 4) is 0 Å². The summed E-state index contributed by atoms with van der Waals surface area (Å²) < 4.78 is 12.0. The Morgan fingerprint density at radius 3 is 2.85 bits per heavy atom. The minimum Gasteiger partial charge on any atom is -0.383 e. The second kappa shape index (κ2) is 7.92. The Morgan fingerprint density at radius 2 is 2.19 bits per heavy atom. The number of hydrogen-bond acceptors (Lipinski definition) is 7. The van der Waals surface area contributed by atoms with Crippen LogP contribution in [0.5, 0.6) is 0 Å². The van der Waals surface area contributed by atoms with E-state index in [1.54, 1.807) is 30.1 Å². The smallest absolute Gasteiger partial charge is 0.274 e. The molecule has 27 heavy (non-hydrogen) atoms. The van der Waals surface area contributed by atoms with Gasteiger partial charge in [0.15, 0.2) is 11.2 Å². The van der Waals surface area contributed by atoms with Crippen LogP contribution in [-0.2, 0) is 11.3 Å². The molecule has 10 nitrogen and oxygen atoms in total. The Labute approximate surface area is 162 Å². The van der Waals surface area contributed by atoms with E-state index in [1.807, 2.05) is 0 Å². The lowest BCUT2D eigenvalue weighted by Crippen LogP contribution is -2.53.